The number of nitrogens with zero attached hydrogens (tertiary/aromatic N) is 1. The van der Waals surface area contributed by atoms with Crippen LogP contribution in [0, 0.1) is 6.92 Å². The molecule has 1 saturated heterocycles. The molecule has 94 valence electrons. The third-order valence-electron chi connectivity index (χ3n) is 2.74. The highest BCUT2D eigenvalue weighted by Crippen LogP contribution is 2.20. The number of thiazole rings is 1. The normalized spacial score (nSPS) is 24.5. The summed E-state index contributed by atoms with van der Waals surface area (Å²) in [5.41, 5.74) is 6.23. The molecule has 1 fully saturated rings. The number of aryl methyl sites for hydroxylation is 1. The van der Waals surface area contributed by atoms with Crippen molar-refractivity contribution in [2.45, 2.75) is 25.8 Å². The SMILES string of the molecule is Cc1nc(N)sc1C(=O)NC1CCS(=O)CC1. The fourth-order valence-electron chi connectivity index (χ4n) is 1.82. The predicted octanol–water partition coefficient (Wildman–Crippen LogP) is 0.675. The van der Waals surface area contributed by atoms with Gasteiger partial charge in [-0.25, -0.2) is 4.98 Å². The van der Waals surface area contributed by atoms with Crippen LogP contribution >= 0.6 is 11.3 Å². The van der Waals surface area contributed by atoms with Gasteiger partial charge in [-0.3, -0.25) is 9.00 Å². The summed E-state index contributed by atoms with van der Waals surface area (Å²) in [5.74, 6) is 1.23. The summed E-state index contributed by atoms with van der Waals surface area (Å²) in [7, 11) is -0.702. The van der Waals surface area contributed by atoms with Gasteiger partial charge in [-0.15, -0.1) is 0 Å². The van der Waals surface area contributed by atoms with Crippen LogP contribution in [0.1, 0.15) is 28.2 Å². The van der Waals surface area contributed by atoms with E-state index in [-0.39, 0.29) is 11.9 Å². The number of rotatable bonds is 2. The first-order valence-electron chi connectivity index (χ1n) is 5.45. The molecule has 0 radical (unpaired) electrons. The number of anilines is 1. The molecule has 1 aliphatic heterocycles. The number of hydrogen-bond donors (Lipinski definition) is 2. The van der Waals surface area contributed by atoms with E-state index in [1.165, 1.54) is 11.3 Å². The molecule has 17 heavy (non-hydrogen) atoms. The van der Waals surface area contributed by atoms with E-state index < -0.39 is 10.8 Å². The van der Waals surface area contributed by atoms with Gasteiger partial charge in [-0.1, -0.05) is 11.3 Å². The van der Waals surface area contributed by atoms with Crippen molar-refractivity contribution in [2.24, 2.45) is 0 Å². The number of nitrogens with one attached hydrogen (secondary N) is 1. The molecule has 1 amide bonds. The number of carbonyl (C=O) groups excluding carboxylic acids is 1. The molecule has 0 unspecified atom stereocenters. The Morgan fingerprint density at radius 2 is 2.18 bits per heavy atom. The summed E-state index contributed by atoms with van der Waals surface area (Å²) >= 11 is 1.21. The lowest BCUT2D eigenvalue weighted by Gasteiger charge is -2.22. The van der Waals surface area contributed by atoms with Gasteiger partial charge in [0.1, 0.15) is 4.88 Å². The van der Waals surface area contributed by atoms with Gasteiger partial charge in [0.15, 0.2) is 5.13 Å². The van der Waals surface area contributed by atoms with Crippen molar-refractivity contribution in [3.63, 3.8) is 0 Å². The molecule has 0 spiro atoms. The molecule has 2 heterocycles. The van der Waals surface area contributed by atoms with Gasteiger partial charge in [0.25, 0.3) is 5.91 Å². The van der Waals surface area contributed by atoms with Gasteiger partial charge in [-0.2, -0.15) is 0 Å². The van der Waals surface area contributed by atoms with E-state index in [0.29, 0.717) is 27.2 Å². The van der Waals surface area contributed by atoms with Crippen LogP contribution < -0.4 is 11.1 Å². The van der Waals surface area contributed by atoms with Crippen LogP contribution in [-0.2, 0) is 10.8 Å². The van der Waals surface area contributed by atoms with Crippen LogP contribution in [0.2, 0.25) is 0 Å². The first-order valence-corrected chi connectivity index (χ1v) is 7.75. The van der Waals surface area contributed by atoms with E-state index in [9.17, 15) is 9.00 Å². The maximum Gasteiger partial charge on any atom is 0.263 e. The Labute approximate surface area is 106 Å². The predicted molar refractivity (Wildman–Crippen MR) is 69.6 cm³/mol. The van der Waals surface area contributed by atoms with E-state index in [4.69, 9.17) is 5.73 Å². The zero-order chi connectivity index (χ0) is 12.4. The summed E-state index contributed by atoms with van der Waals surface area (Å²) in [4.78, 5) is 16.6. The second-order valence-electron chi connectivity index (χ2n) is 4.06. The van der Waals surface area contributed by atoms with Gasteiger partial charge >= 0.3 is 0 Å². The van der Waals surface area contributed by atoms with Crippen molar-refractivity contribution in [3.05, 3.63) is 10.6 Å². The van der Waals surface area contributed by atoms with Crippen LogP contribution in [0.15, 0.2) is 0 Å². The molecule has 3 N–H and O–H groups in total. The third kappa shape index (κ3) is 3.04. The number of amides is 1. The quantitative estimate of drug-likeness (QED) is 0.829. The van der Waals surface area contributed by atoms with Crippen molar-refractivity contribution < 1.29 is 9.00 Å². The maximum absolute atomic E-state index is 12.0. The lowest BCUT2D eigenvalue weighted by molar-refractivity contribution is 0.0938. The highest BCUT2D eigenvalue weighted by molar-refractivity contribution is 7.85. The third-order valence-corrected chi connectivity index (χ3v) is 5.11. The molecule has 0 bridgehead atoms. The molecule has 0 atom stereocenters. The summed E-state index contributed by atoms with van der Waals surface area (Å²) in [6, 6.07) is 0.128. The maximum atomic E-state index is 12.0. The molecular weight excluding hydrogens is 258 g/mol. The molecule has 2 rings (SSSR count). The molecule has 0 aromatic carbocycles. The topological polar surface area (TPSA) is 85.1 Å². The zero-order valence-electron chi connectivity index (χ0n) is 9.56. The van der Waals surface area contributed by atoms with Crippen LogP contribution in [-0.4, -0.2) is 32.6 Å². The van der Waals surface area contributed by atoms with Gasteiger partial charge < -0.3 is 11.1 Å². The molecule has 0 saturated carbocycles. The number of aromatic nitrogens is 1. The van der Waals surface area contributed by atoms with Crippen LogP contribution in [0.4, 0.5) is 5.13 Å². The van der Waals surface area contributed by atoms with Crippen molar-refractivity contribution in [1.82, 2.24) is 10.3 Å². The van der Waals surface area contributed by atoms with Gasteiger partial charge in [-0.05, 0) is 19.8 Å². The molecule has 1 aromatic heterocycles. The fraction of sp³-hybridized carbons (Fsp3) is 0.600. The van der Waals surface area contributed by atoms with Crippen LogP contribution in [0.25, 0.3) is 0 Å². The molecule has 5 nitrogen and oxygen atoms in total. The number of hydrogen-bond acceptors (Lipinski definition) is 5. The lowest BCUT2D eigenvalue weighted by Crippen LogP contribution is -2.39. The first-order chi connectivity index (χ1) is 8.06. The number of nitrogens with two attached hydrogens (primary N) is 1. The van der Waals surface area contributed by atoms with E-state index >= 15 is 0 Å². The second-order valence-corrected chi connectivity index (χ2v) is 6.79. The second kappa shape index (κ2) is 5.14. The number of carbonyl (C=O) groups is 1. The molecule has 1 aromatic rings. The highest BCUT2D eigenvalue weighted by Gasteiger charge is 2.22. The minimum Gasteiger partial charge on any atom is -0.375 e. The minimum absolute atomic E-state index is 0.116. The fourth-order valence-corrected chi connectivity index (χ4v) is 3.85. The van der Waals surface area contributed by atoms with E-state index in [0.717, 1.165) is 12.8 Å². The average Bonchev–Trinajstić information content (AvgIpc) is 2.61. The van der Waals surface area contributed by atoms with Crippen LogP contribution in [0.5, 0.6) is 0 Å². The Balaban J connectivity index is 1.97. The first kappa shape index (κ1) is 12.5. The van der Waals surface area contributed by atoms with Crippen molar-refractivity contribution >= 4 is 33.2 Å². The minimum atomic E-state index is -0.702. The highest BCUT2D eigenvalue weighted by atomic mass is 32.2. The van der Waals surface area contributed by atoms with Crippen molar-refractivity contribution in [2.75, 3.05) is 17.2 Å². The average molecular weight is 273 g/mol. The van der Waals surface area contributed by atoms with E-state index in [1.807, 2.05) is 0 Å². The largest absolute Gasteiger partial charge is 0.375 e. The van der Waals surface area contributed by atoms with E-state index in [1.54, 1.807) is 6.92 Å². The van der Waals surface area contributed by atoms with Crippen molar-refractivity contribution in [1.29, 1.82) is 0 Å². The molecule has 0 aliphatic carbocycles. The number of nitrogen functional groups attached to an aromatic ring is 1. The Morgan fingerprint density at radius 3 is 2.71 bits per heavy atom. The zero-order valence-corrected chi connectivity index (χ0v) is 11.2. The molecular formula is C10H15N3O2S2. The van der Waals surface area contributed by atoms with Gasteiger partial charge in [0.2, 0.25) is 0 Å². The standard InChI is InChI=1S/C10H15N3O2S2/c1-6-8(16-10(11)12-6)9(14)13-7-2-4-17(15)5-3-7/h7H,2-5H2,1H3,(H2,11,12)(H,13,14). The monoisotopic (exact) mass is 273 g/mol. The lowest BCUT2D eigenvalue weighted by atomic mass is 10.1. The van der Waals surface area contributed by atoms with Gasteiger partial charge in [0, 0.05) is 28.3 Å². The molecule has 1 aliphatic rings. The summed E-state index contributed by atoms with van der Waals surface area (Å²) in [6.45, 7) is 1.78. The summed E-state index contributed by atoms with van der Waals surface area (Å²) in [6.07, 6.45) is 1.57. The summed E-state index contributed by atoms with van der Waals surface area (Å²) in [5, 5.41) is 3.37. The Morgan fingerprint density at radius 1 is 1.53 bits per heavy atom. The Hall–Kier alpha value is -0.950. The van der Waals surface area contributed by atoms with Gasteiger partial charge in [0.05, 0.1) is 5.69 Å². The molecule has 7 heteroatoms. The Bertz CT molecular complexity index is 448. The smallest absolute Gasteiger partial charge is 0.263 e. The van der Waals surface area contributed by atoms with E-state index in [2.05, 4.69) is 10.3 Å². The summed E-state index contributed by atoms with van der Waals surface area (Å²) < 4.78 is 11.2. The van der Waals surface area contributed by atoms with Crippen LogP contribution in [0.3, 0.4) is 0 Å². The Kier molecular flexibility index (Phi) is 3.78. The van der Waals surface area contributed by atoms with Crippen molar-refractivity contribution in [3.8, 4) is 0 Å².